The molecule has 9 heteroatoms. The second-order valence-electron chi connectivity index (χ2n) is 5.60. The van der Waals surface area contributed by atoms with E-state index in [1.54, 1.807) is 12.1 Å². The van der Waals surface area contributed by atoms with Crippen LogP contribution in [0.5, 0.6) is 0 Å². The molecule has 1 aromatic carbocycles. The number of hydrogen-bond donors (Lipinski definition) is 3. The van der Waals surface area contributed by atoms with Crippen LogP contribution in [0.1, 0.15) is 22.6 Å². The van der Waals surface area contributed by atoms with Crippen LogP contribution in [0.4, 0.5) is 0 Å². The lowest BCUT2D eigenvalue weighted by Gasteiger charge is -2.03. The van der Waals surface area contributed by atoms with Gasteiger partial charge < -0.3 is 9.84 Å². The average Bonchev–Trinajstić information content (AvgIpc) is 3.31. The molecule has 1 atom stereocenters. The summed E-state index contributed by atoms with van der Waals surface area (Å²) in [4.78, 5) is 12.1. The Kier molecular flexibility index (Phi) is 5.92. The maximum Gasteiger partial charge on any atom is 0.273 e. The smallest absolute Gasteiger partial charge is 0.273 e. The highest BCUT2D eigenvalue weighted by Gasteiger charge is 2.13. The van der Waals surface area contributed by atoms with Crippen molar-refractivity contribution in [3.63, 3.8) is 0 Å². The number of carbonyl (C=O) groups is 1. The van der Waals surface area contributed by atoms with E-state index in [1.807, 2.05) is 37.3 Å². The van der Waals surface area contributed by atoms with Gasteiger partial charge >= 0.3 is 0 Å². The second kappa shape index (κ2) is 8.54. The van der Waals surface area contributed by atoms with Gasteiger partial charge in [-0.2, -0.15) is 5.10 Å². The van der Waals surface area contributed by atoms with Crippen molar-refractivity contribution in [3.8, 4) is 11.3 Å². The molecular weight excluding hydrogens is 354 g/mol. The number of hydrogen-bond acceptors (Lipinski definition) is 5. The highest BCUT2D eigenvalue weighted by molar-refractivity contribution is 7.83. The molecule has 0 saturated heterocycles. The fraction of sp³-hybridized carbons (Fsp3) is 0.235. The van der Waals surface area contributed by atoms with Crippen molar-refractivity contribution in [3.05, 3.63) is 53.9 Å². The molecule has 3 N–H and O–H groups in total. The zero-order valence-electron chi connectivity index (χ0n) is 14.2. The third kappa shape index (κ3) is 4.64. The van der Waals surface area contributed by atoms with Gasteiger partial charge in [0.1, 0.15) is 11.0 Å². The van der Waals surface area contributed by atoms with Gasteiger partial charge in [0.25, 0.3) is 5.91 Å². The molecule has 2 heterocycles. The molecule has 0 bridgehead atoms. The Morgan fingerprint density at radius 2 is 2.04 bits per heavy atom. The van der Waals surface area contributed by atoms with Crippen LogP contribution in [0, 0.1) is 6.92 Å². The number of nitrogens with one attached hydrogen (secondary N) is 3. The topological polar surface area (TPSA) is 113 Å². The fourth-order valence-electron chi connectivity index (χ4n) is 2.23. The third-order valence-corrected chi connectivity index (χ3v) is 4.60. The molecule has 136 valence electrons. The number of aryl methyl sites for hydroxylation is 1. The first-order chi connectivity index (χ1) is 12.6. The molecule has 0 aliphatic rings. The van der Waals surface area contributed by atoms with E-state index in [0.717, 1.165) is 11.3 Å². The van der Waals surface area contributed by atoms with E-state index in [1.165, 1.54) is 0 Å². The summed E-state index contributed by atoms with van der Waals surface area (Å²) >= 11 is 0. The predicted octanol–water partition coefficient (Wildman–Crippen LogP) is 1.81. The number of rotatable bonds is 8. The van der Waals surface area contributed by atoms with Crippen LogP contribution in [0.3, 0.4) is 0 Å². The monoisotopic (exact) mass is 373 g/mol. The molecule has 0 aliphatic carbocycles. The van der Waals surface area contributed by atoms with Crippen LogP contribution in [-0.2, 0) is 11.0 Å². The summed E-state index contributed by atoms with van der Waals surface area (Å²) in [7, 11) is -1.36. The molecule has 2 aromatic heterocycles. The molecule has 0 radical (unpaired) electrons. The maximum absolute atomic E-state index is 12.1. The van der Waals surface area contributed by atoms with Crippen LogP contribution >= 0.6 is 0 Å². The summed E-state index contributed by atoms with van der Waals surface area (Å²) < 4.78 is 20.0. The van der Waals surface area contributed by atoms with Crippen LogP contribution in [0.15, 0.2) is 52.0 Å². The molecular formula is C17H19N5O3S. The van der Waals surface area contributed by atoms with E-state index in [0.29, 0.717) is 30.3 Å². The highest BCUT2D eigenvalue weighted by atomic mass is 32.2. The Morgan fingerprint density at radius 3 is 2.77 bits per heavy atom. The molecule has 0 spiro atoms. The summed E-state index contributed by atoms with van der Waals surface area (Å²) in [6.07, 6.45) is 0.615. The van der Waals surface area contributed by atoms with Crippen LogP contribution in [-0.4, -0.2) is 38.6 Å². The van der Waals surface area contributed by atoms with Crippen molar-refractivity contribution < 1.29 is 13.5 Å². The van der Waals surface area contributed by atoms with Crippen LogP contribution < -0.4 is 10.0 Å². The van der Waals surface area contributed by atoms with Gasteiger partial charge in [0.05, 0.1) is 0 Å². The lowest BCUT2D eigenvalue weighted by atomic mass is 10.1. The van der Waals surface area contributed by atoms with Crippen molar-refractivity contribution >= 4 is 16.9 Å². The van der Waals surface area contributed by atoms with Gasteiger partial charge in [-0.3, -0.25) is 9.89 Å². The Morgan fingerprint density at radius 1 is 1.23 bits per heavy atom. The van der Waals surface area contributed by atoms with Gasteiger partial charge in [-0.25, -0.2) is 8.93 Å². The molecule has 3 aromatic rings. The number of carbonyl (C=O) groups excluding carboxylic acids is 1. The van der Waals surface area contributed by atoms with E-state index >= 15 is 0 Å². The van der Waals surface area contributed by atoms with Crippen molar-refractivity contribution in [1.29, 1.82) is 0 Å². The Labute approximate surface area is 153 Å². The Bertz CT molecular complexity index is 891. The zero-order chi connectivity index (χ0) is 18.4. The van der Waals surface area contributed by atoms with E-state index < -0.39 is 11.0 Å². The molecule has 0 saturated carbocycles. The van der Waals surface area contributed by atoms with Crippen molar-refractivity contribution in [2.75, 3.05) is 13.1 Å². The van der Waals surface area contributed by atoms with Gasteiger partial charge in [-0.15, -0.1) is 0 Å². The van der Waals surface area contributed by atoms with Crippen molar-refractivity contribution in [1.82, 2.24) is 25.4 Å². The van der Waals surface area contributed by atoms with E-state index in [9.17, 15) is 9.00 Å². The lowest BCUT2D eigenvalue weighted by molar-refractivity contribution is 0.0944. The predicted molar refractivity (Wildman–Crippen MR) is 96.6 cm³/mol. The molecule has 1 unspecified atom stereocenters. The molecule has 26 heavy (non-hydrogen) atoms. The SMILES string of the molecule is Cc1cc(S(=O)NCCCNC(=O)c2cc(-c3ccccc3)on2)n[nH]1. The minimum absolute atomic E-state index is 0.229. The Hall–Kier alpha value is -2.78. The number of benzene rings is 1. The average molecular weight is 373 g/mol. The van der Waals surface area contributed by atoms with Gasteiger partial charge in [-0.05, 0) is 19.4 Å². The van der Waals surface area contributed by atoms with Crippen LogP contribution in [0.25, 0.3) is 11.3 Å². The fourth-order valence-corrected chi connectivity index (χ4v) is 3.12. The Balaban J connectivity index is 1.40. The standard InChI is InChI=1S/C17H19N5O3S/c1-12-10-16(21-20-12)26(24)19-9-5-8-18-17(23)14-11-15(25-22-14)13-6-3-2-4-7-13/h2-4,6-7,10-11,19H,5,8-9H2,1H3,(H,18,23)(H,20,21). The summed E-state index contributed by atoms with van der Waals surface area (Å²) in [5.74, 6) is 0.238. The summed E-state index contributed by atoms with van der Waals surface area (Å²) in [5, 5.41) is 13.7. The molecule has 3 rings (SSSR count). The zero-order valence-corrected chi connectivity index (χ0v) is 15.0. The quantitative estimate of drug-likeness (QED) is 0.521. The largest absolute Gasteiger partial charge is 0.355 e. The van der Waals surface area contributed by atoms with Gasteiger partial charge in [-0.1, -0.05) is 35.5 Å². The van der Waals surface area contributed by atoms with E-state index in [4.69, 9.17) is 4.52 Å². The van der Waals surface area contributed by atoms with Gasteiger partial charge in [0.15, 0.2) is 16.5 Å². The number of nitrogens with zero attached hydrogens (tertiary/aromatic N) is 2. The van der Waals surface area contributed by atoms with Crippen molar-refractivity contribution in [2.45, 2.75) is 18.4 Å². The number of aromatic nitrogens is 3. The van der Waals surface area contributed by atoms with E-state index in [-0.39, 0.29) is 11.6 Å². The number of aromatic amines is 1. The summed E-state index contributed by atoms with van der Waals surface area (Å²) in [6.45, 7) is 2.75. The first kappa shape index (κ1) is 18.0. The summed E-state index contributed by atoms with van der Waals surface area (Å²) in [6, 6.07) is 12.8. The number of H-pyrrole nitrogens is 1. The summed E-state index contributed by atoms with van der Waals surface area (Å²) in [5.41, 5.74) is 1.94. The maximum atomic E-state index is 12.1. The van der Waals surface area contributed by atoms with Crippen LogP contribution in [0.2, 0.25) is 0 Å². The molecule has 0 fully saturated rings. The van der Waals surface area contributed by atoms with Gasteiger partial charge in [0, 0.05) is 30.4 Å². The first-order valence-electron chi connectivity index (χ1n) is 8.11. The highest BCUT2D eigenvalue weighted by Crippen LogP contribution is 2.19. The minimum atomic E-state index is -1.36. The first-order valence-corrected chi connectivity index (χ1v) is 9.26. The van der Waals surface area contributed by atoms with Crippen molar-refractivity contribution in [2.24, 2.45) is 0 Å². The van der Waals surface area contributed by atoms with E-state index in [2.05, 4.69) is 25.4 Å². The lowest BCUT2D eigenvalue weighted by Crippen LogP contribution is -2.28. The molecule has 1 amide bonds. The number of amides is 1. The molecule has 0 aliphatic heterocycles. The minimum Gasteiger partial charge on any atom is -0.355 e. The molecule has 8 nitrogen and oxygen atoms in total. The van der Waals surface area contributed by atoms with Gasteiger partial charge in [0.2, 0.25) is 0 Å². The normalized spacial score (nSPS) is 12.0. The third-order valence-electron chi connectivity index (χ3n) is 3.55. The second-order valence-corrected chi connectivity index (χ2v) is 6.85.